The molecule has 0 aromatic heterocycles. The molecular formula is C29H32F3Si. The van der Waals surface area contributed by atoms with Gasteiger partial charge < -0.3 is 0 Å². The standard InChI is InChI=1S/C29H32F3Si/c30-17-1-2-18-33-19-15-27(16-20-33)26-12-10-25(11-13-26)24-8-5-22(6-9-24)3-4-23-7-14-28(31)29(32)21-23/h5-14,21,27H,1-4,15-20H2. The van der Waals surface area contributed by atoms with Gasteiger partial charge in [-0.15, -0.1) is 0 Å². The van der Waals surface area contributed by atoms with Crippen molar-refractivity contribution < 1.29 is 13.2 Å². The second-order valence-electron chi connectivity index (χ2n) is 9.24. The minimum atomic E-state index is -0.798. The van der Waals surface area contributed by atoms with Crippen LogP contribution in [0.5, 0.6) is 0 Å². The first-order valence-electron chi connectivity index (χ1n) is 12.1. The van der Waals surface area contributed by atoms with Crippen LogP contribution in [-0.2, 0) is 12.8 Å². The monoisotopic (exact) mass is 465 g/mol. The summed E-state index contributed by atoms with van der Waals surface area (Å²) in [6.45, 7) is -0.163. The number of benzene rings is 3. The zero-order valence-corrected chi connectivity index (χ0v) is 20.1. The van der Waals surface area contributed by atoms with E-state index in [9.17, 15) is 13.2 Å². The summed E-state index contributed by atoms with van der Waals surface area (Å²) in [5.74, 6) is -0.907. The van der Waals surface area contributed by atoms with Crippen molar-refractivity contribution in [2.75, 3.05) is 6.67 Å². The van der Waals surface area contributed by atoms with Gasteiger partial charge in [-0.1, -0.05) is 79.2 Å². The molecule has 0 saturated carbocycles. The molecule has 0 atom stereocenters. The van der Waals surface area contributed by atoms with E-state index in [0.29, 0.717) is 12.3 Å². The lowest BCUT2D eigenvalue weighted by Crippen LogP contribution is -2.20. The van der Waals surface area contributed by atoms with Gasteiger partial charge in [0.1, 0.15) is 0 Å². The molecule has 1 aliphatic rings. The highest BCUT2D eigenvalue weighted by molar-refractivity contribution is 6.59. The summed E-state index contributed by atoms with van der Waals surface area (Å²) in [6.07, 6.45) is 5.88. The Labute approximate surface area is 197 Å². The highest BCUT2D eigenvalue weighted by Crippen LogP contribution is 2.36. The Morgan fingerprint density at radius 3 is 1.94 bits per heavy atom. The van der Waals surface area contributed by atoms with Crippen LogP contribution >= 0.6 is 0 Å². The Hall–Kier alpha value is -2.33. The third kappa shape index (κ3) is 6.60. The first kappa shape index (κ1) is 23.8. The van der Waals surface area contributed by atoms with Crippen molar-refractivity contribution in [3.63, 3.8) is 0 Å². The van der Waals surface area contributed by atoms with Gasteiger partial charge in [0.15, 0.2) is 11.6 Å². The lowest BCUT2D eigenvalue weighted by atomic mass is 9.91. The fourth-order valence-electron chi connectivity index (χ4n) is 4.87. The summed E-state index contributed by atoms with van der Waals surface area (Å²) in [6, 6.07) is 25.7. The second kappa shape index (κ2) is 11.7. The summed E-state index contributed by atoms with van der Waals surface area (Å²) < 4.78 is 38.8. The number of rotatable bonds is 9. The molecule has 1 radical (unpaired) electrons. The third-order valence-corrected chi connectivity index (χ3v) is 10.0. The molecule has 3 aromatic carbocycles. The summed E-state index contributed by atoms with van der Waals surface area (Å²) in [5.41, 5.74) is 5.86. The molecule has 0 N–H and O–H groups in total. The molecule has 3 aromatic rings. The SMILES string of the molecule is FCCCC[Si]1CCC(c2ccc(-c3ccc(CCc4ccc(F)c(F)c4)cc3)cc2)CC1. The molecule has 0 amide bonds. The van der Waals surface area contributed by atoms with Crippen molar-refractivity contribution in [3.05, 3.63) is 95.1 Å². The van der Waals surface area contributed by atoms with Gasteiger partial charge in [0, 0.05) is 8.80 Å². The number of halogens is 3. The fourth-order valence-corrected chi connectivity index (χ4v) is 7.89. The number of aryl methyl sites for hydroxylation is 2. The topological polar surface area (TPSA) is 0 Å². The molecule has 1 saturated heterocycles. The quantitative estimate of drug-likeness (QED) is 0.219. The van der Waals surface area contributed by atoms with E-state index in [1.165, 1.54) is 65.4 Å². The Balaban J connectivity index is 1.29. The van der Waals surface area contributed by atoms with E-state index < -0.39 is 11.6 Å². The highest BCUT2D eigenvalue weighted by atomic mass is 28.3. The van der Waals surface area contributed by atoms with E-state index in [1.807, 2.05) is 0 Å². The molecule has 33 heavy (non-hydrogen) atoms. The van der Waals surface area contributed by atoms with Crippen molar-refractivity contribution in [2.24, 2.45) is 0 Å². The van der Waals surface area contributed by atoms with Crippen LogP contribution in [0, 0.1) is 11.6 Å². The maximum absolute atomic E-state index is 13.4. The summed E-state index contributed by atoms with van der Waals surface area (Å²) in [4.78, 5) is 0. The van der Waals surface area contributed by atoms with Gasteiger partial charge in [0.2, 0.25) is 0 Å². The Kier molecular flexibility index (Phi) is 8.44. The lowest BCUT2D eigenvalue weighted by molar-refractivity contribution is 0.468. The smallest absolute Gasteiger partial charge is 0.159 e. The summed E-state index contributed by atoms with van der Waals surface area (Å²) in [5, 5.41) is 0. The average Bonchev–Trinajstić information content (AvgIpc) is 2.86. The fraction of sp³-hybridized carbons (Fsp3) is 0.379. The molecule has 4 heteroatoms. The molecule has 0 aliphatic carbocycles. The second-order valence-corrected chi connectivity index (χ2v) is 12.2. The van der Waals surface area contributed by atoms with Crippen LogP contribution in [0.25, 0.3) is 11.1 Å². The van der Waals surface area contributed by atoms with E-state index in [-0.39, 0.29) is 15.5 Å². The van der Waals surface area contributed by atoms with Gasteiger partial charge in [0.25, 0.3) is 0 Å². The van der Waals surface area contributed by atoms with Crippen LogP contribution in [0.2, 0.25) is 18.1 Å². The zero-order valence-electron chi connectivity index (χ0n) is 19.1. The zero-order chi connectivity index (χ0) is 23.0. The van der Waals surface area contributed by atoms with Crippen LogP contribution in [0.1, 0.15) is 48.3 Å². The molecule has 1 aliphatic heterocycles. The molecule has 0 unspecified atom stereocenters. The van der Waals surface area contributed by atoms with Crippen LogP contribution < -0.4 is 0 Å². The maximum atomic E-state index is 13.4. The Morgan fingerprint density at radius 2 is 1.30 bits per heavy atom. The third-order valence-electron chi connectivity index (χ3n) is 6.96. The van der Waals surface area contributed by atoms with Crippen LogP contribution in [0.4, 0.5) is 13.2 Å². The molecule has 1 heterocycles. The average molecular weight is 466 g/mol. The normalized spacial score (nSPS) is 15.1. The van der Waals surface area contributed by atoms with E-state index in [4.69, 9.17) is 0 Å². The van der Waals surface area contributed by atoms with Gasteiger partial charge in [0.05, 0.1) is 6.67 Å². The van der Waals surface area contributed by atoms with Crippen molar-refractivity contribution in [2.45, 2.75) is 62.6 Å². The number of alkyl halides is 1. The molecule has 173 valence electrons. The molecule has 4 rings (SSSR count). The van der Waals surface area contributed by atoms with Gasteiger partial charge in [-0.05, 0) is 78.0 Å². The molecule has 1 fully saturated rings. The summed E-state index contributed by atoms with van der Waals surface area (Å²) in [7, 11) is -0.243. The molecule has 0 bridgehead atoms. The van der Waals surface area contributed by atoms with Crippen molar-refractivity contribution in [3.8, 4) is 11.1 Å². The van der Waals surface area contributed by atoms with Gasteiger partial charge in [-0.25, -0.2) is 8.78 Å². The van der Waals surface area contributed by atoms with Gasteiger partial charge in [-0.3, -0.25) is 4.39 Å². The van der Waals surface area contributed by atoms with Crippen LogP contribution in [-0.4, -0.2) is 15.5 Å². The minimum Gasteiger partial charge on any atom is -0.251 e. The summed E-state index contributed by atoms with van der Waals surface area (Å²) >= 11 is 0. The largest absolute Gasteiger partial charge is 0.251 e. The van der Waals surface area contributed by atoms with Gasteiger partial charge in [-0.2, -0.15) is 0 Å². The van der Waals surface area contributed by atoms with Crippen molar-refractivity contribution in [1.82, 2.24) is 0 Å². The van der Waals surface area contributed by atoms with Crippen LogP contribution in [0.15, 0.2) is 66.7 Å². The van der Waals surface area contributed by atoms with E-state index in [0.717, 1.165) is 24.8 Å². The first-order chi connectivity index (χ1) is 16.1. The number of hydrogen-bond donors (Lipinski definition) is 0. The Morgan fingerprint density at radius 1 is 0.697 bits per heavy atom. The molecule has 0 spiro atoms. The van der Waals surface area contributed by atoms with Gasteiger partial charge >= 0.3 is 0 Å². The van der Waals surface area contributed by atoms with Crippen molar-refractivity contribution in [1.29, 1.82) is 0 Å². The predicted molar refractivity (Wildman–Crippen MR) is 133 cm³/mol. The van der Waals surface area contributed by atoms with E-state index in [1.54, 1.807) is 6.07 Å². The minimum absolute atomic E-state index is 0.163. The first-order valence-corrected chi connectivity index (χ1v) is 14.3. The number of hydrogen-bond acceptors (Lipinski definition) is 0. The Bertz CT molecular complexity index is 1010. The van der Waals surface area contributed by atoms with E-state index in [2.05, 4.69) is 48.5 Å². The van der Waals surface area contributed by atoms with Crippen LogP contribution in [0.3, 0.4) is 0 Å². The predicted octanol–water partition coefficient (Wildman–Crippen LogP) is 8.54. The van der Waals surface area contributed by atoms with Crippen molar-refractivity contribution >= 4 is 8.80 Å². The number of unbranched alkanes of at least 4 members (excludes halogenated alkanes) is 1. The highest BCUT2D eigenvalue weighted by Gasteiger charge is 2.23. The lowest BCUT2D eigenvalue weighted by Gasteiger charge is -2.28. The molecule has 0 nitrogen and oxygen atoms in total. The molecular weight excluding hydrogens is 433 g/mol. The van der Waals surface area contributed by atoms with E-state index >= 15 is 0 Å². The maximum Gasteiger partial charge on any atom is 0.159 e.